The van der Waals surface area contributed by atoms with E-state index in [1.807, 2.05) is 0 Å². The van der Waals surface area contributed by atoms with Crippen molar-refractivity contribution in [2.24, 2.45) is 5.41 Å². The molecule has 1 atom stereocenters. The highest BCUT2D eigenvalue weighted by Gasteiger charge is 2.41. The van der Waals surface area contributed by atoms with Crippen LogP contribution in [-0.2, 0) is 9.59 Å². The molecule has 21 heavy (non-hydrogen) atoms. The van der Waals surface area contributed by atoms with Crippen LogP contribution in [0.2, 0.25) is 10.0 Å². The van der Waals surface area contributed by atoms with Crippen molar-refractivity contribution in [3.8, 4) is 0 Å². The summed E-state index contributed by atoms with van der Waals surface area (Å²) in [5, 5.41) is 10.1. The number of carbonyl (C=O) groups is 2. The zero-order valence-corrected chi connectivity index (χ0v) is 13.0. The van der Waals surface area contributed by atoms with Crippen molar-refractivity contribution < 1.29 is 14.7 Å². The lowest BCUT2D eigenvalue weighted by Gasteiger charge is -2.19. The fraction of sp³-hybridized carbons (Fsp3) is 0.333. The Labute approximate surface area is 133 Å². The number of hydrogen-bond acceptors (Lipinski definition) is 2. The van der Waals surface area contributed by atoms with E-state index in [1.165, 1.54) is 11.0 Å². The highest BCUT2D eigenvalue weighted by Crippen LogP contribution is 2.30. The number of nitrogens with zero attached hydrogens (tertiary/aromatic N) is 1. The van der Waals surface area contributed by atoms with Gasteiger partial charge in [-0.25, -0.2) is 0 Å². The van der Waals surface area contributed by atoms with Gasteiger partial charge in [0, 0.05) is 34.8 Å². The lowest BCUT2D eigenvalue weighted by atomic mass is 9.90. The number of rotatable bonds is 3. The molecule has 1 unspecified atom stereocenters. The number of benzene rings is 1. The Morgan fingerprint density at radius 2 is 1.95 bits per heavy atom. The van der Waals surface area contributed by atoms with Crippen molar-refractivity contribution in [1.82, 2.24) is 4.90 Å². The minimum atomic E-state index is -0.879. The normalized spacial score (nSPS) is 22.0. The van der Waals surface area contributed by atoms with Gasteiger partial charge < -0.3 is 10.0 Å². The molecule has 1 aromatic carbocycles. The predicted molar refractivity (Wildman–Crippen MR) is 82.4 cm³/mol. The van der Waals surface area contributed by atoms with Gasteiger partial charge in [0.2, 0.25) is 5.91 Å². The summed E-state index contributed by atoms with van der Waals surface area (Å²) in [6.07, 6.45) is 3.39. The molecule has 0 aromatic heterocycles. The van der Waals surface area contributed by atoms with Crippen molar-refractivity contribution in [3.63, 3.8) is 0 Å². The molecule has 2 rings (SSSR count). The monoisotopic (exact) mass is 327 g/mol. The van der Waals surface area contributed by atoms with E-state index < -0.39 is 11.4 Å². The molecule has 1 aromatic rings. The van der Waals surface area contributed by atoms with Gasteiger partial charge in [0.05, 0.1) is 5.41 Å². The summed E-state index contributed by atoms with van der Waals surface area (Å²) in [5.74, 6) is -1.12. The van der Waals surface area contributed by atoms with Crippen molar-refractivity contribution in [2.45, 2.75) is 13.3 Å². The molecule has 0 bridgehead atoms. The number of amides is 1. The predicted octanol–water partition coefficient (Wildman–Crippen LogP) is 3.33. The quantitative estimate of drug-likeness (QED) is 0.866. The number of carbonyl (C=O) groups excluding carboxylic acids is 1. The van der Waals surface area contributed by atoms with Gasteiger partial charge in [0.15, 0.2) is 0 Å². The van der Waals surface area contributed by atoms with E-state index in [1.54, 1.807) is 31.2 Å². The van der Waals surface area contributed by atoms with Gasteiger partial charge in [0.1, 0.15) is 0 Å². The van der Waals surface area contributed by atoms with Crippen LogP contribution in [0.3, 0.4) is 0 Å². The van der Waals surface area contributed by atoms with Crippen molar-refractivity contribution in [2.75, 3.05) is 13.1 Å². The number of halogens is 2. The molecule has 112 valence electrons. The molecule has 1 saturated heterocycles. The fourth-order valence-corrected chi connectivity index (χ4v) is 2.78. The van der Waals surface area contributed by atoms with Gasteiger partial charge in [-0.05, 0) is 31.6 Å². The molecule has 0 saturated carbocycles. The molecule has 1 aliphatic rings. The Balaban J connectivity index is 2.09. The SMILES string of the molecule is CC1(C(=O)O)CCN(C(=O)C=Cc2c(Cl)cccc2Cl)C1. The van der Waals surface area contributed by atoms with E-state index in [0.29, 0.717) is 28.6 Å². The Morgan fingerprint density at radius 1 is 1.33 bits per heavy atom. The second kappa shape index (κ2) is 6.08. The van der Waals surface area contributed by atoms with Gasteiger partial charge in [-0.2, -0.15) is 0 Å². The highest BCUT2D eigenvalue weighted by molar-refractivity contribution is 6.37. The Bertz CT molecular complexity index is 595. The molecule has 1 N–H and O–H groups in total. The molecule has 1 aliphatic heterocycles. The molecule has 1 fully saturated rings. The summed E-state index contributed by atoms with van der Waals surface area (Å²) in [5.41, 5.74) is -0.291. The maximum Gasteiger partial charge on any atom is 0.311 e. The van der Waals surface area contributed by atoms with Crippen molar-refractivity contribution in [1.29, 1.82) is 0 Å². The third kappa shape index (κ3) is 3.39. The molecule has 6 heteroatoms. The molecule has 0 radical (unpaired) electrons. The summed E-state index contributed by atoms with van der Waals surface area (Å²) in [7, 11) is 0. The third-order valence-electron chi connectivity index (χ3n) is 3.69. The number of hydrogen-bond donors (Lipinski definition) is 1. The minimum absolute atomic E-state index is 0.210. The summed E-state index contributed by atoms with van der Waals surface area (Å²) < 4.78 is 0. The molecule has 0 aliphatic carbocycles. The van der Waals surface area contributed by atoms with Crippen LogP contribution in [0, 0.1) is 5.41 Å². The minimum Gasteiger partial charge on any atom is -0.481 e. The molecule has 0 spiro atoms. The van der Waals surface area contributed by atoms with Crippen LogP contribution in [-0.4, -0.2) is 35.0 Å². The van der Waals surface area contributed by atoms with Crippen LogP contribution in [0.4, 0.5) is 0 Å². The Morgan fingerprint density at radius 3 is 2.48 bits per heavy atom. The van der Waals surface area contributed by atoms with E-state index in [0.717, 1.165) is 0 Å². The number of likely N-dealkylation sites (tertiary alicyclic amines) is 1. The van der Waals surface area contributed by atoms with Crippen molar-refractivity contribution in [3.05, 3.63) is 39.9 Å². The second-order valence-corrected chi connectivity index (χ2v) is 6.16. The smallest absolute Gasteiger partial charge is 0.311 e. The van der Waals surface area contributed by atoms with Crippen LogP contribution in [0.5, 0.6) is 0 Å². The zero-order chi connectivity index (χ0) is 15.6. The fourth-order valence-electron chi connectivity index (χ4n) is 2.25. The van der Waals surface area contributed by atoms with Gasteiger partial charge in [-0.1, -0.05) is 29.3 Å². The topological polar surface area (TPSA) is 57.6 Å². The van der Waals surface area contributed by atoms with E-state index in [2.05, 4.69) is 0 Å². The number of carboxylic acid groups (broad SMARTS) is 1. The van der Waals surface area contributed by atoms with Gasteiger partial charge in [0.25, 0.3) is 0 Å². The molecule has 1 heterocycles. The highest BCUT2D eigenvalue weighted by atomic mass is 35.5. The average molecular weight is 328 g/mol. The van der Waals surface area contributed by atoms with E-state index >= 15 is 0 Å². The first-order chi connectivity index (χ1) is 9.83. The third-order valence-corrected chi connectivity index (χ3v) is 4.35. The summed E-state index contributed by atoms with van der Waals surface area (Å²) in [6, 6.07) is 5.10. The maximum atomic E-state index is 12.1. The van der Waals surface area contributed by atoms with E-state index in [9.17, 15) is 9.59 Å². The lowest BCUT2D eigenvalue weighted by molar-refractivity contribution is -0.147. The van der Waals surface area contributed by atoms with E-state index in [-0.39, 0.29) is 12.5 Å². The maximum absolute atomic E-state index is 12.1. The standard InChI is InChI=1S/C15H15Cl2NO3/c1-15(14(20)21)7-8-18(9-15)13(19)6-5-10-11(16)3-2-4-12(10)17/h2-6H,7-9H2,1H3,(H,20,21). The largest absolute Gasteiger partial charge is 0.481 e. The van der Waals surface area contributed by atoms with Crippen LogP contribution in [0.1, 0.15) is 18.9 Å². The van der Waals surface area contributed by atoms with Gasteiger partial charge >= 0.3 is 5.97 Å². The van der Waals surface area contributed by atoms with Crippen LogP contribution in [0.15, 0.2) is 24.3 Å². The first-order valence-corrected chi connectivity index (χ1v) is 7.23. The number of aliphatic carboxylic acids is 1. The second-order valence-electron chi connectivity index (χ2n) is 5.34. The van der Waals surface area contributed by atoms with E-state index in [4.69, 9.17) is 28.3 Å². The molecular formula is C15H15Cl2NO3. The van der Waals surface area contributed by atoms with Crippen LogP contribution in [0.25, 0.3) is 6.08 Å². The molecular weight excluding hydrogens is 313 g/mol. The van der Waals surface area contributed by atoms with Crippen LogP contribution >= 0.6 is 23.2 Å². The Hall–Kier alpha value is -1.52. The lowest BCUT2D eigenvalue weighted by Crippen LogP contribution is -2.34. The van der Waals surface area contributed by atoms with Gasteiger partial charge in [-0.15, -0.1) is 0 Å². The number of carboxylic acids is 1. The first kappa shape index (κ1) is 15.9. The Kier molecular flexibility index (Phi) is 4.59. The summed E-state index contributed by atoms with van der Waals surface area (Å²) in [6.45, 7) is 2.29. The first-order valence-electron chi connectivity index (χ1n) is 6.48. The van der Waals surface area contributed by atoms with Gasteiger partial charge in [-0.3, -0.25) is 9.59 Å². The summed E-state index contributed by atoms with van der Waals surface area (Å²) in [4.78, 5) is 24.8. The molecule has 1 amide bonds. The average Bonchev–Trinajstić information content (AvgIpc) is 2.82. The summed E-state index contributed by atoms with van der Waals surface area (Å²) >= 11 is 12.0. The van der Waals surface area contributed by atoms with Crippen LogP contribution < -0.4 is 0 Å². The zero-order valence-electron chi connectivity index (χ0n) is 11.5. The van der Waals surface area contributed by atoms with Crippen molar-refractivity contribution >= 4 is 41.2 Å². The molecule has 4 nitrogen and oxygen atoms in total.